The lowest BCUT2D eigenvalue weighted by Crippen LogP contribution is -2.43. The van der Waals surface area contributed by atoms with Gasteiger partial charge in [-0.05, 0) is 83.0 Å². The van der Waals surface area contributed by atoms with E-state index in [4.69, 9.17) is 10.5 Å². The number of aryl methyl sites for hydroxylation is 1. The molecule has 4 aromatic rings. The Kier molecular flexibility index (Phi) is 8.40. The van der Waals surface area contributed by atoms with E-state index in [0.29, 0.717) is 44.4 Å². The van der Waals surface area contributed by atoms with E-state index in [0.717, 1.165) is 43.9 Å². The molecule has 2 heterocycles. The minimum atomic E-state index is -4.55. The fraction of sp³-hybridized carbons (Fsp3) is 0.300. The van der Waals surface area contributed by atoms with E-state index in [1.807, 2.05) is 20.0 Å². The van der Waals surface area contributed by atoms with Gasteiger partial charge >= 0.3 is 6.18 Å². The summed E-state index contributed by atoms with van der Waals surface area (Å²) in [5.41, 5.74) is 8.65. The van der Waals surface area contributed by atoms with E-state index in [2.05, 4.69) is 41.0 Å². The molecule has 0 spiro atoms. The number of carbonyl (C=O) groups excluding carboxylic acids is 1. The molecule has 0 radical (unpaired) electrons. The summed E-state index contributed by atoms with van der Waals surface area (Å²) < 4.78 is 47.7. The molecule has 220 valence electrons. The third kappa shape index (κ3) is 6.35. The number of aromatic nitrogens is 2. The van der Waals surface area contributed by atoms with Crippen molar-refractivity contribution in [3.63, 3.8) is 0 Å². The molecule has 3 aromatic carbocycles. The van der Waals surface area contributed by atoms with Crippen LogP contribution in [0.15, 0.2) is 53.1 Å². The highest BCUT2D eigenvalue weighted by molar-refractivity contribution is 9.10. The molecule has 0 aliphatic carbocycles. The average Bonchev–Trinajstić information content (AvgIpc) is 2.94. The Morgan fingerprint density at radius 3 is 2.52 bits per heavy atom. The van der Waals surface area contributed by atoms with E-state index >= 15 is 0 Å². The second-order valence-electron chi connectivity index (χ2n) is 10.4. The van der Waals surface area contributed by atoms with Crippen molar-refractivity contribution in [1.29, 1.82) is 0 Å². The van der Waals surface area contributed by atoms with Gasteiger partial charge in [0, 0.05) is 61.1 Å². The zero-order chi connectivity index (χ0) is 30.2. The number of carbonyl (C=O) groups is 1. The number of nitrogens with two attached hydrogens (primary N) is 1. The number of nitrogens with zero attached hydrogens (tertiary/aromatic N) is 4. The number of anilines is 2. The lowest BCUT2D eigenvalue weighted by molar-refractivity contribution is -0.137. The van der Waals surface area contributed by atoms with Crippen LogP contribution in [0.2, 0.25) is 0 Å². The summed E-state index contributed by atoms with van der Waals surface area (Å²) in [6.07, 6.45) is -2.95. The number of hydrogen-bond donors (Lipinski definition) is 2. The maximum atomic E-state index is 13.8. The fourth-order valence-corrected chi connectivity index (χ4v) is 5.77. The van der Waals surface area contributed by atoms with Gasteiger partial charge in [-0.1, -0.05) is 6.07 Å². The summed E-state index contributed by atoms with van der Waals surface area (Å²) in [6, 6.07) is 10.7. The van der Waals surface area contributed by atoms with E-state index in [1.165, 1.54) is 7.11 Å². The lowest BCUT2D eigenvalue weighted by Gasteiger charge is -2.32. The van der Waals surface area contributed by atoms with Crippen molar-refractivity contribution >= 4 is 44.4 Å². The van der Waals surface area contributed by atoms with Crippen molar-refractivity contribution in [2.24, 2.45) is 0 Å². The summed E-state index contributed by atoms with van der Waals surface area (Å²) in [4.78, 5) is 26.1. The number of halogens is 4. The molecule has 0 bridgehead atoms. The first-order chi connectivity index (χ1) is 19.9. The SMILES string of the molecule is COc1c(-c2cc(C(=O)Nc3cc(CN4CCN(C)CC4)cc(C(F)(F)F)c3)ccc2C)cc2cnc(N)nc2c1Br. The highest BCUT2D eigenvalue weighted by Gasteiger charge is 2.32. The Labute approximate surface area is 249 Å². The normalized spacial score (nSPS) is 14.7. The predicted molar refractivity (Wildman–Crippen MR) is 161 cm³/mol. The van der Waals surface area contributed by atoms with Gasteiger partial charge in [-0.2, -0.15) is 13.2 Å². The van der Waals surface area contributed by atoms with Crippen molar-refractivity contribution in [3.05, 3.63) is 75.4 Å². The van der Waals surface area contributed by atoms with E-state index < -0.39 is 17.6 Å². The van der Waals surface area contributed by atoms with Gasteiger partial charge in [0.2, 0.25) is 5.95 Å². The standard InChI is InChI=1S/C30H30BrF3N6O2/c1-17-4-5-19(12-23(17)24-13-20-15-36-29(35)38-26(20)25(31)27(24)42-3)28(41)37-22-11-18(10-21(14-22)30(32,33)34)16-40-8-6-39(2)7-9-40/h4-5,10-15H,6-9,16H2,1-3H3,(H,37,41)(H2,35,36,38). The quantitative estimate of drug-likeness (QED) is 0.267. The summed E-state index contributed by atoms with van der Waals surface area (Å²) >= 11 is 3.56. The van der Waals surface area contributed by atoms with Crippen molar-refractivity contribution in [3.8, 4) is 16.9 Å². The number of rotatable bonds is 6. The molecule has 8 nitrogen and oxygen atoms in total. The van der Waals surface area contributed by atoms with Gasteiger partial charge in [-0.3, -0.25) is 9.69 Å². The highest BCUT2D eigenvalue weighted by Crippen LogP contribution is 2.42. The van der Waals surface area contributed by atoms with Crippen LogP contribution in [0.3, 0.4) is 0 Å². The summed E-state index contributed by atoms with van der Waals surface area (Å²) in [6.45, 7) is 5.46. The van der Waals surface area contributed by atoms with Crippen molar-refractivity contribution in [1.82, 2.24) is 19.8 Å². The van der Waals surface area contributed by atoms with Gasteiger partial charge in [0.1, 0.15) is 5.75 Å². The largest absolute Gasteiger partial charge is 0.495 e. The third-order valence-corrected chi connectivity index (χ3v) is 8.10. The van der Waals surface area contributed by atoms with Crippen LogP contribution in [-0.4, -0.2) is 66.0 Å². The minimum absolute atomic E-state index is 0.0850. The van der Waals surface area contributed by atoms with Crippen molar-refractivity contribution < 1.29 is 22.7 Å². The molecule has 1 fully saturated rings. The maximum Gasteiger partial charge on any atom is 0.416 e. The Hall–Kier alpha value is -3.74. The first kappa shape index (κ1) is 29.7. The molecule has 1 saturated heterocycles. The Morgan fingerprint density at radius 1 is 1.10 bits per heavy atom. The number of nitrogen functional groups attached to an aromatic ring is 1. The zero-order valence-electron chi connectivity index (χ0n) is 23.3. The van der Waals surface area contributed by atoms with Crippen LogP contribution < -0.4 is 15.8 Å². The van der Waals surface area contributed by atoms with E-state index in [1.54, 1.807) is 30.5 Å². The predicted octanol–water partition coefficient (Wildman–Crippen LogP) is 5.98. The Morgan fingerprint density at radius 2 is 1.83 bits per heavy atom. The molecule has 1 aromatic heterocycles. The fourth-order valence-electron chi connectivity index (χ4n) is 5.07. The Balaban J connectivity index is 1.47. The molecule has 42 heavy (non-hydrogen) atoms. The highest BCUT2D eigenvalue weighted by atomic mass is 79.9. The van der Waals surface area contributed by atoms with Crippen LogP contribution in [0.5, 0.6) is 5.75 Å². The van der Waals surface area contributed by atoms with Gasteiger partial charge in [0.15, 0.2) is 0 Å². The van der Waals surface area contributed by atoms with Crippen LogP contribution in [0.25, 0.3) is 22.0 Å². The molecule has 1 aliphatic heterocycles. The smallest absolute Gasteiger partial charge is 0.416 e. The second kappa shape index (κ2) is 11.9. The zero-order valence-corrected chi connectivity index (χ0v) is 24.9. The van der Waals surface area contributed by atoms with Crippen LogP contribution in [-0.2, 0) is 12.7 Å². The van der Waals surface area contributed by atoms with Gasteiger partial charge in [-0.15, -0.1) is 0 Å². The third-order valence-electron chi connectivity index (χ3n) is 7.36. The second-order valence-corrected chi connectivity index (χ2v) is 11.2. The molecular weight excluding hydrogens is 613 g/mol. The Bertz CT molecular complexity index is 1650. The number of alkyl halides is 3. The number of nitrogens with one attached hydrogen (secondary N) is 1. The first-order valence-electron chi connectivity index (χ1n) is 13.3. The summed E-state index contributed by atoms with van der Waals surface area (Å²) in [7, 11) is 3.55. The van der Waals surface area contributed by atoms with Gasteiger partial charge in [0.05, 0.1) is 22.7 Å². The molecule has 0 unspecified atom stereocenters. The summed E-state index contributed by atoms with van der Waals surface area (Å²) in [5, 5.41) is 3.40. The first-order valence-corrected chi connectivity index (χ1v) is 14.1. The molecular formula is C30H30BrF3N6O2. The number of piperazine rings is 1. The number of benzene rings is 3. The van der Waals surface area contributed by atoms with Crippen molar-refractivity contribution in [2.45, 2.75) is 19.6 Å². The average molecular weight is 644 g/mol. The molecule has 0 atom stereocenters. The van der Waals surface area contributed by atoms with Crippen LogP contribution in [0, 0.1) is 6.92 Å². The maximum absolute atomic E-state index is 13.8. The minimum Gasteiger partial charge on any atom is -0.495 e. The van der Waals surface area contributed by atoms with Crippen molar-refractivity contribution in [2.75, 3.05) is 51.4 Å². The molecule has 0 saturated carbocycles. The summed E-state index contributed by atoms with van der Waals surface area (Å²) in [5.74, 6) is 0.0814. The van der Waals surface area contributed by atoms with E-state index in [9.17, 15) is 18.0 Å². The number of likely N-dealkylation sites (N-methyl/N-ethyl adjacent to an activating group) is 1. The lowest BCUT2D eigenvalue weighted by atomic mass is 9.96. The van der Waals surface area contributed by atoms with E-state index in [-0.39, 0.29) is 17.2 Å². The molecule has 1 amide bonds. The molecule has 3 N–H and O–H groups in total. The van der Waals surface area contributed by atoms with Crippen LogP contribution in [0.4, 0.5) is 24.8 Å². The number of methoxy groups -OCH3 is 1. The molecule has 12 heteroatoms. The number of amides is 1. The number of hydrogen-bond acceptors (Lipinski definition) is 7. The molecule has 5 rings (SSSR count). The number of ether oxygens (including phenoxy) is 1. The topological polar surface area (TPSA) is 96.6 Å². The van der Waals surface area contributed by atoms with Gasteiger partial charge in [0.25, 0.3) is 5.91 Å². The number of fused-ring (bicyclic) bond motifs is 1. The van der Waals surface area contributed by atoms with Crippen LogP contribution in [0.1, 0.15) is 27.0 Å². The monoisotopic (exact) mass is 642 g/mol. The van der Waals surface area contributed by atoms with Crippen LogP contribution >= 0.6 is 15.9 Å². The van der Waals surface area contributed by atoms with Gasteiger partial charge < -0.3 is 20.7 Å². The van der Waals surface area contributed by atoms with Gasteiger partial charge in [-0.25, -0.2) is 9.97 Å². The molecule has 1 aliphatic rings.